The van der Waals surface area contributed by atoms with Crippen LogP contribution in [0.4, 0.5) is 5.69 Å². The molecule has 0 saturated carbocycles. The molecule has 0 bridgehead atoms. The molecule has 0 N–H and O–H groups in total. The number of hydrogen-bond donors (Lipinski definition) is 0. The van der Waals surface area contributed by atoms with Gasteiger partial charge in [-0.1, -0.05) is 18.2 Å². The van der Waals surface area contributed by atoms with Gasteiger partial charge in [0, 0.05) is 16.6 Å². The second-order valence-electron chi connectivity index (χ2n) is 6.91. The van der Waals surface area contributed by atoms with Crippen LogP contribution >= 0.6 is 11.3 Å². The molecule has 1 amide bonds. The molecule has 1 aliphatic heterocycles. The Morgan fingerprint density at radius 1 is 1.10 bits per heavy atom. The minimum absolute atomic E-state index is 0.114. The van der Waals surface area contributed by atoms with Crippen LogP contribution in [0.25, 0.3) is 0 Å². The largest absolute Gasteiger partial charge is 0.486 e. The van der Waals surface area contributed by atoms with Gasteiger partial charge in [0.2, 0.25) is 0 Å². The number of amides is 1. The Labute approximate surface area is 174 Å². The van der Waals surface area contributed by atoms with E-state index in [4.69, 9.17) is 14.2 Å². The Balaban J connectivity index is 1.60. The van der Waals surface area contributed by atoms with Crippen molar-refractivity contribution in [1.82, 2.24) is 0 Å². The summed E-state index contributed by atoms with van der Waals surface area (Å²) >= 11 is 1.62. The smallest absolute Gasteiger partial charge is 0.268 e. The second kappa shape index (κ2) is 8.57. The van der Waals surface area contributed by atoms with Gasteiger partial charge in [0.1, 0.15) is 19.0 Å². The number of fused-ring (bicyclic) bond motifs is 1. The molecule has 0 radical (unpaired) electrons. The highest BCUT2D eigenvalue weighted by Crippen LogP contribution is 2.35. The molecule has 2 aromatic carbocycles. The van der Waals surface area contributed by atoms with Crippen molar-refractivity contribution in [1.29, 1.82) is 0 Å². The summed E-state index contributed by atoms with van der Waals surface area (Å²) in [6.07, 6.45) is -0.634. The van der Waals surface area contributed by atoms with Crippen molar-refractivity contribution in [2.24, 2.45) is 0 Å². The first kappa shape index (κ1) is 19.3. The van der Waals surface area contributed by atoms with Crippen LogP contribution in [0.5, 0.6) is 17.2 Å². The third-order valence-electron chi connectivity index (χ3n) is 4.65. The average Bonchev–Trinajstić information content (AvgIpc) is 3.24. The molecule has 1 aromatic heterocycles. The monoisotopic (exact) mass is 409 g/mol. The summed E-state index contributed by atoms with van der Waals surface area (Å²) in [5.74, 6) is 1.93. The van der Waals surface area contributed by atoms with E-state index in [1.54, 1.807) is 23.2 Å². The molecule has 29 heavy (non-hydrogen) atoms. The fourth-order valence-corrected chi connectivity index (χ4v) is 3.91. The molecule has 150 valence electrons. The zero-order valence-corrected chi connectivity index (χ0v) is 17.3. The van der Waals surface area contributed by atoms with Gasteiger partial charge in [0.15, 0.2) is 17.6 Å². The molecule has 0 spiro atoms. The van der Waals surface area contributed by atoms with E-state index in [2.05, 4.69) is 0 Å². The molecule has 0 aliphatic carbocycles. The highest BCUT2D eigenvalue weighted by Gasteiger charge is 2.26. The zero-order valence-electron chi connectivity index (χ0n) is 16.5. The van der Waals surface area contributed by atoms with Crippen LogP contribution < -0.4 is 19.1 Å². The molecule has 4 rings (SSSR count). The third-order valence-corrected chi connectivity index (χ3v) is 5.51. The van der Waals surface area contributed by atoms with Crippen LogP contribution in [0, 0.1) is 6.92 Å². The summed E-state index contributed by atoms with van der Waals surface area (Å²) in [5.41, 5.74) is 1.84. The minimum Gasteiger partial charge on any atom is -0.486 e. The Morgan fingerprint density at radius 3 is 2.69 bits per heavy atom. The molecule has 0 fully saturated rings. The van der Waals surface area contributed by atoms with Gasteiger partial charge in [-0.15, -0.1) is 11.3 Å². The topological polar surface area (TPSA) is 48.0 Å². The van der Waals surface area contributed by atoms with E-state index in [0.717, 1.165) is 16.1 Å². The summed E-state index contributed by atoms with van der Waals surface area (Å²) in [6, 6.07) is 17.3. The molecule has 2 heterocycles. The maximum atomic E-state index is 13.4. The normalized spacial score (nSPS) is 13.6. The van der Waals surface area contributed by atoms with Gasteiger partial charge in [-0.25, -0.2) is 0 Å². The van der Waals surface area contributed by atoms with Crippen molar-refractivity contribution >= 4 is 22.9 Å². The first-order chi connectivity index (χ1) is 14.1. The number of carbonyl (C=O) groups is 1. The Hall–Kier alpha value is -2.99. The lowest BCUT2D eigenvalue weighted by Gasteiger charge is -2.27. The minimum atomic E-state index is -0.634. The van der Waals surface area contributed by atoms with Crippen molar-refractivity contribution in [3.05, 3.63) is 70.4 Å². The first-order valence-corrected chi connectivity index (χ1v) is 10.4. The van der Waals surface area contributed by atoms with E-state index in [9.17, 15) is 4.79 Å². The SMILES string of the molecule is Cc1cccc(OC(C)C(=O)N(Cc2cccs2)c2ccc3c(c2)OCCO3)c1. The van der Waals surface area contributed by atoms with Gasteiger partial charge < -0.3 is 19.1 Å². The van der Waals surface area contributed by atoms with Crippen molar-refractivity contribution in [3.63, 3.8) is 0 Å². The van der Waals surface area contributed by atoms with Gasteiger partial charge in [0.25, 0.3) is 5.91 Å². The Bertz CT molecular complexity index is 986. The predicted octanol–water partition coefficient (Wildman–Crippen LogP) is 4.83. The summed E-state index contributed by atoms with van der Waals surface area (Å²) in [6.45, 7) is 5.28. The van der Waals surface area contributed by atoms with Crippen LogP contribution in [0.2, 0.25) is 0 Å². The quantitative estimate of drug-likeness (QED) is 0.585. The van der Waals surface area contributed by atoms with Gasteiger partial charge >= 0.3 is 0 Å². The number of ether oxygens (including phenoxy) is 3. The van der Waals surface area contributed by atoms with Gasteiger partial charge in [-0.2, -0.15) is 0 Å². The molecule has 1 unspecified atom stereocenters. The van der Waals surface area contributed by atoms with Crippen LogP contribution in [0.3, 0.4) is 0 Å². The molecule has 5 nitrogen and oxygen atoms in total. The van der Waals surface area contributed by atoms with E-state index in [1.165, 1.54) is 0 Å². The predicted molar refractivity (Wildman–Crippen MR) is 114 cm³/mol. The van der Waals surface area contributed by atoms with Gasteiger partial charge in [-0.3, -0.25) is 4.79 Å². The van der Waals surface area contributed by atoms with Crippen LogP contribution in [-0.4, -0.2) is 25.2 Å². The van der Waals surface area contributed by atoms with Crippen molar-refractivity contribution in [2.75, 3.05) is 18.1 Å². The van der Waals surface area contributed by atoms with Crippen molar-refractivity contribution < 1.29 is 19.0 Å². The fraction of sp³-hybridized carbons (Fsp3) is 0.261. The number of thiophene rings is 1. The molecule has 1 aliphatic rings. The molecule has 1 atom stereocenters. The number of anilines is 1. The van der Waals surface area contributed by atoms with Crippen molar-refractivity contribution in [3.8, 4) is 17.2 Å². The Kier molecular flexibility index (Phi) is 5.71. The number of carbonyl (C=O) groups excluding carboxylic acids is 1. The first-order valence-electron chi connectivity index (χ1n) is 9.57. The number of nitrogens with zero attached hydrogens (tertiary/aromatic N) is 1. The maximum Gasteiger partial charge on any atom is 0.268 e. The standard InChI is InChI=1S/C23H23NO4S/c1-16-5-3-6-19(13-16)28-17(2)23(25)24(15-20-7-4-12-29-20)18-8-9-21-22(14-18)27-11-10-26-21/h3-9,12-14,17H,10-11,15H2,1-2H3. The Morgan fingerprint density at radius 2 is 1.93 bits per heavy atom. The third kappa shape index (κ3) is 4.54. The van der Waals surface area contributed by atoms with Crippen LogP contribution in [0.1, 0.15) is 17.4 Å². The highest BCUT2D eigenvalue weighted by molar-refractivity contribution is 7.09. The van der Waals surface area contributed by atoms with Crippen LogP contribution in [-0.2, 0) is 11.3 Å². The van der Waals surface area contributed by atoms with E-state index in [0.29, 0.717) is 37.0 Å². The van der Waals surface area contributed by atoms with E-state index >= 15 is 0 Å². The summed E-state index contributed by atoms with van der Waals surface area (Å²) in [7, 11) is 0. The van der Waals surface area contributed by atoms with E-state index in [-0.39, 0.29) is 5.91 Å². The molecule has 6 heteroatoms. The van der Waals surface area contributed by atoms with E-state index < -0.39 is 6.10 Å². The molecule has 0 saturated heterocycles. The molecular formula is C23H23NO4S. The van der Waals surface area contributed by atoms with E-state index in [1.807, 2.05) is 66.9 Å². The summed E-state index contributed by atoms with van der Waals surface area (Å²) in [4.78, 5) is 16.2. The lowest BCUT2D eigenvalue weighted by Crippen LogP contribution is -2.40. The zero-order chi connectivity index (χ0) is 20.2. The second-order valence-corrected chi connectivity index (χ2v) is 7.94. The number of hydrogen-bond acceptors (Lipinski definition) is 5. The fourth-order valence-electron chi connectivity index (χ4n) is 3.22. The maximum absolute atomic E-state index is 13.4. The van der Waals surface area contributed by atoms with Gasteiger partial charge in [-0.05, 0) is 55.1 Å². The van der Waals surface area contributed by atoms with Crippen molar-refractivity contribution in [2.45, 2.75) is 26.5 Å². The molecular weight excluding hydrogens is 386 g/mol. The number of rotatable bonds is 6. The lowest BCUT2D eigenvalue weighted by atomic mass is 10.2. The van der Waals surface area contributed by atoms with Crippen LogP contribution in [0.15, 0.2) is 60.0 Å². The number of aryl methyl sites for hydroxylation is 1. The van der Waals surface area contributed by atoms with Gasteiger partial charge in [0.05, 0.1) is 6.54 Å². The summed E-state index contributed by atoms with van der Waals surface area (Å²) < 4.78 is 17.3. The summed E-state index contributed by atoms with van der Waals surface area (Å²) in [5, 5.41) is 2.01. The number of benzene rings is 2. The lowest BCUT2D eigenvalue weighted by molar-refractivity contribution is -0.124. The average molecular weight is 410 g/mol. The molecule has 3 aromatic rings. The highest BCUT2D eigenvalue weighted by atomic mass is 32.1.